The Morgan fingerprint density at radius 3 is 2.54 bits per heavy atom. The van der Waals surface area contributed by atoms with Gasteiger partial charge in [-0.2, -0.15) is 0 Å². The molecule has 0 aliphatic heterocycles. The molecule has 0 atom stereocenters. The van der Waals surface area contributed by atoms with Crippen molar-refractivity contribution in [2.45, 2.75) is 25.5 Å². The van der Waals surface area contributed by atoms with Crippen LogP contribution in [0.15, 0.2) is 53.7 Å². The third-order valence-corrected chi connectivity index (χ3v) is 5.31. The number of aromatic nitrogens is 2. The number of thioether (sulfide) groups is 1. The molecule has 3 aromatic rings. The number of carbonyl (C=O) groups is 1. The molecule has 0 aliphatic rings. The number of nitrogens with zero attached hydrogens (tertiary/aromatic N) is 3. The van der Waals surface area contributed by atoms with Crippen LogP contribution in [0.25, 0.3) is 11.0 Å². The summed E-state index contributed by atoms with van der Waals surface area (Å²) in [6, 6.07) is 14.5. The molecule has 0 radical (unpaired) electrons. The second-order valence-corrected chi connectivity index (χ2v) is 6.86. The van der Waals surface area contributed by atoms with Crippen LogP contribution in [0.3, 0.4) is 0 Å². The molecule has 26 heavy (non-hydrogen) atoms. The lowest BCUT2D eigenvalue weighted by Gasteiger charge is -2.18. The Labute approximate surface area is 157 Å². The fraction of sp³-hybridized carbons (Fsp3) is 0.300. The summed E-state index contributed by atoms with van der Waals surface area (Å²) in [5, 5.41) is 0.731. The SMILES string of the molecule is CCN(CC)C(=O)CSc1nc2ccccc2n1Cc1ccccc1F. The Kier molecular flexibility index (Phi) is 5.93. The number of rotatable bonds is 7. The molecule has 6 heteroatoms. The largest absolute Gasteiger partial charge is 0.343 e. The van der Waals surface area contributed by atoms with E-state index in [1.165, 1.54) is 17.8 Å². The van der Waals surface area contributed by atoms with Crippen LogP contribution in [-0.4, -0.2) is 39.2 Å². The molecule has 3 rings (SSSR count). The van der Waals surface area contributed by atoms with Gasteiger partial charge in [-0.05, 0) is 32.0 Å². The van der Waals surface area contributed by atoms with Crippen molar-refractivity contribution in [3.8, 4) is 0 Å². The zero-order valence-electron chi connectivity index (χ0n) is 15.0. The van der Waals surface area contributed by atoms with Gasteiger partial charge in [0.1, 0.15) is 5.82 Å². The van der Waals surface area contributed by atoms with E-state index in [1.807, 2.05) is 48.7 Å². The highest BCUT2D eigenvalue weighted by Crippen LogP contribution is 2.26. The zero-order valence-corrected chi connectivity index (χ0v) is 15.8. The summed E-state index contributed by atoms with van der Waals surface area (Å²) in [4.78, 5) is 18.8. The number of benzene rings is 2. The minimum atomic E-state index is -0.236. The van der Waals surface area contributed by atoms with Gasteiger partial charge in [-0.15, -0.1) is 0 Å². The van der Waals surface area contributed by atoms with E-state index in [0.717, 1.165) is 16.2 Å². The van der Waals surface area contributed by atoms with Crippen molar-refractivity contribution in [2.24, 2.45) is 0 Å². The van der Waals surface area contributed by atoms with Gasteiger partial charge in [-0.1, -0.05) is 42.1 Å². The lowest BCUT2D eigenvalue weighted by Crippen LogP contribution is -2.31. The standard InChI is InChI=1S/C20H22FN3OS/c1-3-23(4-2)19(25)14-26-20-22-17-11-7-8-12-18(17)24(20)13-15-9-5-6-10-16(15)21/h5-12H,3-4,13-14H2,1-2H3. The average molecular weight is 371 g/mol. The van der Waals surface area contributed by atoms with E-state index >= 15 is 0 Å². The molecule has 4 nitrogen and oxygen atoms in total. The summed E-state index contributed by atoms with van der Waals surface area (Å²) < 4.78 is 16.1. The van der Waals surface area contributed by atoms with Crippen LogP contribution in [-0.2, 0) is 11.3 Å². The predicted molar refractivity (Wildman–Crippen MR) is 104 cm³/mol. The molecule has 0 fully saturated rings. The minimum absolute atomic E-state index is 0.0875. The number of amides is 1. The number of para-hydroxylation sites is 2. The first-order valence-corrected chi connectivity index (χ1v) is 9.71. The Hall–Kier alpha value is -2.34. The molecule has 1 heterocycles. The molecule has 0 aliphatic carbocycles. The van der Waals surface area contributed by atoms with Gasteiger partial charge < -0.3 is 9.47 Å². The van der Waals surface area contributed by atoms with Gasteiger partial charge in [0.15, 0.2) is 5.16 Å². The van der Waals surface area contributed by atoms with Gasteiger partial charge in [0.05, 0.1) is 23.3 Å². The molecule has 0 saturated carbocycles. The van der Waals surface area contributed by atoms with Crippen molar-refractivity contribution in [3.05, 3.63) is 59.9 Å². The van der Waals surface area contributed by atoms with Crippen molar-refractivity contribution in [3.63, 3.8) is 0 Å². The van der Waals surface area contributed by atoms with E-state index in [2.05, 4.69) is 4.98 Å². The molecule has 0 unspecified atom stereocenters. The summed E-state index contributed by atoms with van der Waals surface area (Å²) in [6.07, 6.45) is 0. The fourth-order valence-electron chi connectivity index (χ4n) is 2.91. The number of hydrogen-bond acceptors (Lipinski definition) is 3. The Balaban J connectivity index is 1.90. The van der Waals surface area contributed by atoms with Gasteiger partial charge in [-0.25, -0.2) is 9.37 Å². The van der Waals surface area contributed by atoms with Crippen LogP contribution in [0.2, 0.25) is 0 Å². The van der Waals surface area contributed by atoms with Crippen LogP contribution in [0.1, 0.15) is 19.4 Å². The molecule has 2 aromatic carbocycles. The molecule has 0 N–H and O–H groups in total. The lowest BCUT2D eigenvalue weighted by molar-refractivity contribution is -0.127. The first-order chi connectivity index (χ1) is 12.6. The maximum Gasteiger partial charge on any atom is 0.233 e. The summed E-state index contributed by atoms with van der Waals surface area (Å²) in [6.45, 7) is 5.72. The molecule has 0 spiro atoms. The van der Waals surface area contributed by atoms with Crippen LogP contribution >= 0.6 is 11.8 Å². The van der Waals surface area contributed by atoms with Crippen molar-refractivity contribution in [2.75, 3.05) is 18.8 Å². The highest BCUT2D eigenvalue weighted by molar-refractivity contribution is 7.99. The fourth-order valence-corrected chi connectivity index (χ4v) is 3.82. The van der Waals surface area contributed by atoms with Crippen LogP contribution in [0.4, 0.5) is 4.39 Å². The monoisotopic (exact) mass is 371 g/mol. The second kappa shape index (κ2) is 8.36. The summed E-state index contributed by atoms with van der Waals surface area (Å²) in [5.41, 5.74) is 2.39. The van der Waals surface area contributed by atoms with Crippen LogP contribution in [0.5, 0.6) is 0 Å². The zero-order chi connectivity index (χ0) is 18.5. The van der Waals surface area contributed by atoms with E-state index in [4.69, 9.17) is 0 Å². The Morgan fingerprint density at radius 1 is 1.12 bits per heavy atom. The molecule has 136 valence electrons. The smallest absolute Gasteiger partial charge is 0.233 e. The number of hydrogen-bond donors (Lipinski definition) is 0. The molecular formula is C20H22FN3OS. The summed E-state index contributed by atoms with van der Waals surface area (Å²) in [5.74, 6) is 0.174. The number of imidazole rings is 1. The van der Waals surface area contributed by atoms with Crippen molar-refractivity contribution in [1.82, 2.24) is 14.5 Å². The first-order valence-electron chi connectivity index (χ1n) is 8.73. The minimum Gasteiger partial charge on any atom is -0.343 e. The van der Waals surface area contributed by atoms with Gasteiger partial charge in [-0.3, -0.25) is 4.79 Å². The Morgan fingerprint density at radius 2 is 1.81 bits per heavy atom. The topological polar surface area (TPSA) is 38.1 Å². The van der Waals surface area contributed by atoms with E-state index in [0.29, 0.717) is 31.0 Å². The normalized spacial score (nSPS) is 11.0. The highest BCUT2D eigenvalue weighted by atomic mass is 32.2. The third kappa shape index (κ3) is 3.90. The van der Waals surface area contributed by atoms with E-state index in [1.54, 1.807) is 17.0 Å². The molecule has 0 saturated heterocycles. The van der Waals surface area contributed by atoms with Crippen molar-refractivity contribution in [1.29, 1.82) is 0 Å². The summed E-state index contributed by atoms with van der Waals surface area (Å²) >= 11 is 1.40. The molecular weight excluding hydrogens is 349 g/mol. The van der Waals surface area contributed by atoms with E-state index in [9.17, 15) is 9.18 Å². The maximum absolute atomic E-state index is 14.1. The van der Waals surface area contributed by atoms with Crippen molar-refractivity contribution >= 4 is 28.7 Å². The molecule has 0 bridgehead atoms. The van der Waals surface area contributed by atoms with Crippen LogP contribution < -0.4 is 0 Å². The highest BCUT2D eigenvalue weighted by Gasteiger charge is 2.16. The van der Waals surface area contributed by atoms with Gasteiger partial charge in [0.2, 0.25) is 5.91 Å². The molecule has 1 aromatic heterocycles. The third-order valence-electron chi connectivity index (χ3n) is 4.35. The lowest BCUT2D eigenvalue weighted by atomic mass is 10.2. The summed E-state index contributed by atoms with van der Waals surface area (Å²) in [7, 11) is 0. The first kappa shape index (κ1) is 18.5. The Bertz CT molecular complexity index is 905. The van der Waals surface area contributed by atoms with Crippen molar-refractivity contribution < 1.29 is 9.18 Å². The quantitative estimate of drug-likeness (QED) is 0.585. The van der Waals surface area contributed by atoms with Gasteiger partial charge in [0.25, 0.3) is 0 Å². The second-order valence-electron chi connectivity index (χ2n) is 5.92. The maximum atomic E-state index is 14.1. The van der Waals surface area contributed by atoms with E-state index in [-0.39, 0.29) is 11.7 Å². The molecule has 1 amide bonds. The van der Waals surface area contributed by atoms with Gasteiger partial charge in [0, 0.05) is 18.7 Å². The number of carbonyl (C=O) groups excluding carboxylic acids is 1. The van der Waals surface area contributed by atoms with Crippen LogP contribution in [0, 0.1) is 5.82 Å². The number of halogens is 1. The van der Waals surface area contributed by atoms with E-state index < -0.39 is 0 Å². The predicted octanol–water partition coefficient (Wildman–Crippen LogP) is 4.18. The van der Waals surface area contributed by atoms with Gasteiger partial charge >= 0.3 is 0 Å². The average Bonchev–Trinajstić information content (AvgIpc) is 3.00. The number of fused-ring (bicyclic) bond motifs is 1.